The second-order valence-corrected chi connectivity index (χ2v) is 3.47. The second kappa shape index (κ2) is 5.71. The van der Waals surface area contributed by atoms with E-state index in [2.05, 4.69) is 6.92 Å². The molecule has 0 unspecified atom stereocenters. The Kier molecular flexibility index (Phi) is 4.54. The summed E-state index contributed by atoms with van der Waals surface area (Å²) in [5, 5.41) is 0.738. The third-order valence-electron chi connectivity index (χ3n) is 1.78. The van der Waals surface area contributed by atoms with Crippen LogP contribution < -0.4 is 4.74 Å². The summed E-state index contributed by atoms with van der Waals surface area (Å²) in [5.74, 6) is 0.898. The van der Waals surface area contributed by atoms with Gasteiger partial charge in [-0.3, -0.25) is 0 Å². The number of rotatable bonds is 4. The molecule has 1 nitrogen and oxygen atoms in total. The molecule has 1 rings (SSSR count). The number of allylic oxidation sites excluding steroid dienone is 1. The first-order chi connectivity index (χ1) is 6.77. The highest BCUT2D eigenvalue weighted by Gasteiger charge is 2.00. The SMILES string of the molecule is C/C=C/c1cc(Cl)ccc1OCCC. The van der Waals surface area contributed by atoms with Gasteiger partial charge in [-0.15, -0.1) is 0 Å². The van der Waals surface area contributed by atoms with E-state index in [-0.39, 0.29) is 0 Å². The fourth-order valence-electron chi connectivity index (χ4n) is 1.17. The van der Waals surface area contributed by atoms with Gasteiger partial charge in [-0.1, -0.05) is 30.7 Å². The van der Waals surface area contributed by atoms with Gasteiger partial charge in [-0.2, -0.15) is 0 Å². The van der Waals surface area contributed by atoms with E-state index in [1.165, 1.54) is 0 Å². The largest absolute Gasteiger partial charge is 0.493 e. The minimum atomic E-state index is 0.738. The van der Waals surface area contributed by atoms with E-state index in [1.54, 1.807) is 0 Å². The summed E-state index contributed by atoms with van der Waals surface area (Å²) < 4.78 is 5.58. The fraction of sp³-hybridized carbons (Fsp3) is 0.333. The van der Waals surface area contributed by atoms with Crippen LogP contribution in [0, 0.1) is 0 Å². The fourth-order valence-corrected chi connectivity index (χ4v) is 1.35. The Morgan fingerprint density at radius 3 is 2.86 bits per heavy atom. The van der Waals surface area contributed by atoms with Gasteiger partial charge in [0.25, 0.3) is 0 Å². The van der Waals surface area contributed by atoms with Gasteiger partial charge < -0.3 is 4.74 Å². The van der Waals surface area contributed by atoms with Gasteiger partial charge in [-0.25, -0.2) is 0 Å². The highest BCUT2D eigenvalue weighted by Crippen LogP contribution is 2.24. The van der Waals surface area contributed by atoms with Crippen molar-refractivity contribution in [3.8, 4) is 5.75 Å². The Hall–Kier alpha value is -0.950. The highest BCUT2D eigenvalue weighted by atomic mass is 35.5. The van der Waals surface area contributed by atoms with Crippen LogP contribution in [0.4, 0.5) is 0 Å². The van der Waals surface area contributed by atoms with Gasteiger partial charge in [0.05, 0.1) is 6.61 Å². The van der Waals surface area contributed by atoms with Crippen LogP contribution in [-0.2, 0) is 0 Å². The van der Waals surface area contributed by atoms with E-state index in [0.717, 1.165) is 29.4 Å². The molecule has 14 heavy (non-hydrogen) atoms. The minimum Gasteiger partial charge on any atom is -0.493 e. The van der Waals surface area contributed by atoms with Crippen molar-refractivity contribution in [2.45, 2.75) is 20.3 Å². The molecule has 0 aromatic heterocycles. The number of benzene rings is 1. The van der Waals surface area contributed by atoms with E-state index in [0.29, 0.717) is 0 Å². The summed E-state index contributed by atoms with van der Waals surface area (Å²) in [6, 6.07) is 5.67. The molecular formula is C12H15ClO. The summed E-state index contributed by atoms with van der Waals surface area (Å²) >= 11 is 5.90. The Morgan fingerprint density at radius 1 is 1.43 bits per heavy atom. The average Bonchev–Trinajstić information content (AvgIpc) is 2.17. The lowest BCUT2D eigenvalue weighted by Gasteiger charge is -2.08. The summed E-state index contributed by atoms with van der Waals surface area (Å²) in [6.45, 7) is 4.81. The quantitative estimate of drug-likeness (QED) is 0.725. The second-order valence-electron chi connectivity index (χ2n) is 3.03. The Balaban J connectivity index is 2.90. The molecule has 0 aliphatic heterocycles. The van der Waals surface area contributed by atoms with E-state index >= 15 is 0 Å². The Labute approximate surface area is 90.3 Å². The molecule has 0 heterocycles. The van der Waals surface area contributed by atoms with Crippen LogP contribution in [0.5, 0.6) is 5.75 Å². The standard InChI is InChI=1S/C12H15ClO/c1-3-5-10-9-11(13)6-7-12(10)14-8-4-2/h3,5-7,9H,4,8H2,1-2H3/b5-3+. The maximum Gasteiger partial charge on any atom is 0.126 e. The number of ether oxygens (including phenoxy) is 1. The van der Waals surface area contributed by atoms with Gasteiger partial charge in [0.2, 0.25) is 0 Å². The van der Waals surface area contributed by atoms with Crippen molar-refractivity contribution in [2.24, 2.45) is 0 Å². The summed E-state index contributed by atoms with van der Waals surface area (Å²) in [6.07, 6.45) is 4.99. The van der Waals surface area contributed by atoms with E-state index in [4.69, 9.17) is 16.3 Å². The zero-order valence-electron chi connectivity index (χ0n) is 8.59. The van der Waals surface area contributed by atoms with Crippen LogP contribution in [0.25, 0.3) is 6.08 Å². The van der Waals surface area contributed by atoms with Gasteiger partial charge in [-0.05, 0) is 31.5 Å². The number of halogens is 1. The molecule has 1 aromatic carbocycles. The molecule has 0 aliphatic rings. The first-order valence-electron chi connectivity index (χ1n) is 4.83. The number of hydrogen-bond acceptors (Lipinski definition) is 1. The predicted molar refractivity (Wildman–Crippen MR) is 61.9 cm³/mol. The predicted octanol–water partition coefficient (Wildman–Crippen LogP) is 4.16. The first kappa shape index (κ1) is 11.1. The summed E-state index contributed by atoms with van der Waals surface area (Å²) in [4.78, 5) is 0. The average molecular weight is 211 g/mol. The monoisotopic (exact) mass is 210 g/mol. The summed E-state index contributed by atoms with van der Waals surface area (Å²) in [7, 11) is 0. The van der Waals surface area contributed by atoms with Crippen LogP contribution >= 0.6 is 11.6 Å². The summed E-state index contributed by atoms with van der Waals surface area (Å²) in [5.41, 5.74) is 1.04. The molecule has 0 aliphatic carbocycles. The highest BCUT2D eigenvalue weighted by molar-refractivity contribution is 6.30. The van der Waals surface area contributed by atoms with Crippen LogP contribution in [-0.4, -0.2) is 6.61 Å². The first-order valence-corrected chi connectivity index (χ1v) is 5.20. The lowest BCUT2D eigenvalue weighted by atomic mass is 10.2. The van der Waals surface area contributed by atoms with Gasteiger partial charge in [0.15, 0.2) is 0 Å². The van der Waals surface area contributed by atoms with Crippen LogP contribution in [0.1, 0.15) is 25.8 Å². The molecule has 1 aromatic rings. The minimum absolute atomic E-state index is 0.738. The Bertz CT molecular complexity index is 318. The van der Waals surface area contributed by atoms with E-state index in [1.807, 2.05) is 37.3 Å². The van der Waals surface area contributed by atoms with Gasteiger partial charge in [0.1, 0.15) is 5.75 Å². The van der Waals surface area contributed by atoms with Crippen LogP contribution in [0.2, 0.25) is 5.02 Å². The van der Waals surface area contributed by atoms with Crippen LogP contribution in [0.3, 0.4) is 0 Å². The van der Waals surface area contributed by atoms with E-state index < -0.39 is 0 Å². The molecule has 0 saturated carbocycles. The molecule has 0 spiro atoms. The maximum atomic E-state index is 5.90. The van der Waals surface area contributed by atoms with E-state index in [9.17, 15) is 0 Å². The zero-order chi connectivity index (χ0) is 10.4. The smallest absolute Gasteiger partial charge is 0.126 e. The molecule has 2 heteroatoms. The van der Waals surface area contributed by atoms with Crippen molar-refractivity contribution in [1.82, 2.24) is 0 Å². The molecule has 76 valence electrons. The van der Waals surface area contributed by atoms with Crippen molar-refractivity contribution in [3.63, 3.8) is 0 Å². The topological polar surface area (TPSA) is 9.23 Å². The van der Waals surface area contributed by atoms with Crippen molar-refractivity contribution < 1.29 is 4.74 Å². The van der Waals surface area contributed by atoms with Crippen molar-refractivity contribution in [2.75, 3.05) is 6.61 Å². The van der Waals surface area contributed by atoms with Crippen molar-refractivity contribution >= 4 is 17.7 Å². The Morgan fingerprint density at radius 2 is 2.21 bits per heavy atom. The van der Waals surface area contributed by atoms with Gasteiger partial charge >= 0.3 is 0 Å². The molecule has 0 amide bonds. The number of hydrogen-bond donors (Lipinski definition) is 0. The maximum absolute atomic E-state index is 5.90. The molecular weight excluding hydrogens is 196 g/mol. The lowest BCUT2D eigenvalue weighted by molar-refractivity contribution is 0.317. The zero-order valence-corrected chi connectivity index (χ0v) is 9.34. The van der Waals surface area contributed by atoms with Crippen molar-refractivity contribution in [3.05, 3.63) is 34.9 Å². The molecule has 0 bridgehead atoms. The molecule has 0 N–H and O–H groups in total. The molecule has 0 radical (unpaired) electrons. The normalized spacial score (nSPS) is 10.8. The third-order valence-corrected chi connectivity index (χ3v) is 2.01. The van der Waals surface area contributed by atoms with Crippen LogP contribution in [0.15, 0.2) is 24.3 Å². The lowest BCUT2D eigenvalue weighted by Crippen LogP contribution is -1.96. The molecule has 0 saturated heterocycles. The third kappa shape index (κ3) is 3.08. The van der Waals surface area contributed by atoms with Crippen molar-refractivity contribution in [1.29, 1.82) is 0 Å². The molecule has 0 atom stereocenters. The molecule has 0 fully saturated rings. The van der Waals surface area contributed by atoms with Gasteiger partial charge in [0, 0.05) is 10.6 Å².